The van der Waals surface area contributed by atoms with E-state index in [1.807, 2.05) is 33.9 Å². The Morgan fingerprint density at radius 3 is 2.61 bits per heavy atom. The number of aryl methyl sites for hydroxylation is 2. The van der Waals surface area contributed by atoms with E-state index < -0.39 is 5.60 Å². The molecule has 8 nitrogen and oxygen atoms in total. The number of rotatable bonds is 2. The zero-order valence-corrected chi connectivity index (χ0v) is 20.2. The van der Waals surface area contributed by atoms with Crippen LogP contribution in [0.1, 0.15) is 50.8 Å². The molecular formula is C23H27FN6O2S. The van der Waals surface area contributed by atoms with E-state index >= 15 is 4.39 Å². The van der Waals surface area contributed by atoms with Crippen LogP contribution in [0.4, 0.5) is 9.18 Å². The number of likely N-dealkylation sites (tertiary alicyclic amines) is 1. The first-order valence-electron chi connectivity index (χ1n) is 11.1. The number of piperidine rings is 1. The Bertz CT molecular complexity index is 1330. The van der Waals surface area contributed by atoms with Gasteiger partial charge in [0.15, 0.2) is 5.01 Å². The molecular weight excluding hydrogens is 443 g/mol. The summed E-state index contributed by atoms with van der Waals surface area (Å²) >= 11 is 1.37. The first kappa shape index (κ1) is 21.8. The van der Waals surface area contributed by atoms with Crippen molar-refractivity contribution in [1.29, 1.82) is 0 Å². The van der Waals surface area contributed by atoms with Crippen LogP contribution in [-0.4, -0.2) is 54.1 Å². The predicted molar refractivity (Wildman–Crippen MR) is 125 cm³/mol. The lowest BCUT2D eigenvalue weighted by molar-refractivity contribution is 0.0204. The number of imidazole rings is 1. The highest BCUT2D eigenvalue weighted by atomic mass is 32.1. The molecule has 0 saturated carbocycles. The Morgan fingerprint density at radius 1 is 1.21 bits per heavy atom. The number of carbonyl (C=O) groups excluding carboxylic acids is 1. The molecule has 0 N–H and O–H groups in total. The van der Waals surface area contributed by atoms with Gasteiger partial charge in [0.25, 0.3) is 0 Å². The Hall–Kier alpha value is -3.01. The Kier molecular flexibility index (Phi) is 5.15. The van der Waals surface area contributed by atoms with Crippen LogP contribution in [0.15, 0.2) is 18.5 Å². The molecule has 4 aromatic rings. The summed E-state index contributed by atoms with van der Waals surface area (Å²) in [4.78, 5) is 19.6. The van der Waals surface area contributed by atoms with Gasteiger partial charge in [-0.2, -0.15) is 10.2 Å². The van der Waals surface area contributed by atoms with Gasteiger partial charge in [-0.1, -0.05) is 11.3 Å². The first-order chi connectivity index (χ1) is 15.6. The second kappa shape index (κ2) is 7.79. The van der Waals surface area contributed by atoms with E-state index in [2.05, 4.69) is 10.2 Å². The van der Waals surface area contributed by atoms with Crippen LogP contribution >= 0.6 is 11.3 Å². The number of carbonyl (C=O) groups is 1. The maximum absolute atomic E-state index is 15.2. The van der Waals surface area contributed by atoms with Gasteiger partial charge in [-0.15, -0.1) is 0 Å². The maximum atomic E-state index is 15.2. The fourth-order valence-electron chi connectivity index (χ4n) is 4.30. The molecule has 1 aromatic carbocycles. The van der Waals surface area contributed by atoms with E-state index in [1.165, 1.54) is 11.3 Å². The average molecular weight is 471 g/mol. The summed E-state index contributed by atoms with van der Waals surface area (Å²) in [5.74, 6) is -0.0535. The third kappa shape index (κ3) is 4.07. The third-order valence-electron chi connectivity index (χ3n) is 5.89. The van der Waals surface area contributed by atoms with Gasteiger partial charge in [-0.25, -0.2) is 18.7 Å². The van der Waals surface area contributed by atoms with Crippen molar-refractivity contribution < 1.29 is 13.9 Å². The molecule has 1 aliphatic rings. The molecule has 174 valence electrons. The van der Waals surface area contributed by atoms with Crippen molar-refractivity contribution in [3.8, 4) is 10.6 Å². The van der Waals surface area contributed by atoms with E-state index in [4.69, 9.17) is 9.72 Å². The zero-order chi connectivity index (χ0) is 23.5. The van der Waals surface area contributed by atoms with Crippen LogP contribution in [0, 0.1) is 12.7 Å². The van der Waals surface area contributed by atoms with E-state index in [0.29, 0.717) is 34.6 Å². The topological polar surface area (TPSA) is 77.5 Å². The van der Waals surface area contributed by atoms with Gasteiger partial charge in [0, 0.05) is 37.8 Å². The summed E-state index contributed by atoms with van der Waals surface area (Å²) in [5, 5.41) is 10.1. The number of halogens is 1. The van der Waals surface area contributed by atoms with Crippen LogP contribution in [0.5, 0.6) is 0 Å². The van der Waals surface area contributed by atoms with Crippen LogP contribution in [0.2, 0.25) is 0 Å². The largest absolute Gasteiger partial charge is 0.444 e. The molecule has 1 amide bonds. The van der Waals surface area contributed by atoms with Crippen LogP contribution in [0.25, 0.3) is 26.4 Å². The highest BCUT2D eigenvalue weighted by molar-refractivity contribution is 7.19. The Labute approximate surface area is 195 Å². The second-order valence-corrected chi connectivity index (χ2v) is 10.6. The van der Waals surface area contributed by atoms with Gasteiger partial charge in [-0.3, -0.25) is 4.68 Å². The van der Waals surface area contributed by atoms with Gasteiger partial charge in [0.2, 0.25) is 4.96 Å². The molecule has 0 atom stereocenters. The SMILES string of the molecule is Cc1cc(-c2nn3cc(C4CCN(C(=O)OC(C)(C)C)CC4)nc3s2)c(F)c2cn(C)nc12. The summed E-state index contributed by atoms with van der Waals surface area (Å²) in [7, 11) is 1.79. The van der Waals surface area contributed by atoms with Crippen molar-refractivity contribution in [3.63, 3.8) is 0 Å². The fourth-order valence-corrected chi connectivity index (χ4v) is 5.19. The van der Waals surface area contributed by atoms with Gasteiger partial charge in [-0.05, 0) is 52.2 Å². The van der Waals surface area contributed by atoms with Crippen molar-refractivity contribution in [2.45, 2.75) is 52.1 Å². The van der Waals surface area contributed by atoms with Gasteiger partial charge >= 0.3 is 6.09 Å². The summed E-state index contributed by atoms with van der Waals surface area (Å²) in [6, 6.07) is 1.80. The smallest absolute Gasteiger partial charge is 0.410 e. The fraction of sp³-hybridized carbons (Fsp3) is 0.478. The minimum Gasteiger partial charge on any atom is -0.444 e. The lowest BCUT2D eigenvalue weighted by Gasteiger charge is -2.32. The normalized spacial score (nSPS) is 15.6. The molecule has 5 rings (SSSR count). The molecule has 0 aliphatic carbocycles. The number of amides is 1. The number of benzene rings is 1. The molecule has 3 aromatic heterocycles. The highest BCUT2D eigenvalue weighted by Gasteiger charge is 2.29. The zero-order valence-electron chi connectivity index (χ0n) is 19.4. The number of nitrogens with zero attached hydrogens (tertiary/aromatic N) is 6. The predicted octanol–water partition coefficient (Wildman–Crippen LogP) is 4.91. The minimum absolute atomic E-state index is 0.256. The molecule has 4 heterocycles. The first-order valence-corrected chi connectivity index (χ1v) is 11.9. The molecule has 0 unspecified atom stereocenters. The van der Waals surface area contributed by atoms with Crippen molar-refractivity contribution in [2.75, 3.05) is 13.1 Å². The highest BCUT2D eigenvalue weighted by Crippen LogP contribution is 2.35. The van der Waals surface area contributed by atoms with E-state index in [0.717, 1.165) is 29.1 Å². The summed E-state index contributed by atoms with van der Waals surface area (Å²) in [6.07, 6.45) is 5.00. The number of hydrogen-bond donors (Lipinski definition) is 0. The van der Waals surface area contributed by atoms with Gasteiger partial charge in [0.1, 0.15) is 11.4 Å². The molecule has 1 saturated heterocycles. The molecule has 1 aliphatic heterocycles. The van der Waals surface area contributed by atoms with Crippen LogP contribution in [0.3, 0.4) is 0 Å². The summed E-state index contributed by atoms with van der Waals surface area (Å²) in [5.41, 5.74) is 2.51. The monoisotopic (exact) mass is 470 g/mol. The maximum Gasteiger partial charge on any atom is 0.410 e. The van der Waals surface area contributed by atoms with E-state index in [9.17, 15) is 4.79 Å². The van der Waals surface area contributed by atoms with Crippen LogP contribution < -0.4 is 0 Å². The number of ether oxygens (including phenoxy) is 1. The summed E-state index contributed by atoms with van der Waals surface area (Å²) in [6.45, 7) is 8.83. The lowest BCUT2D eigenvalue weighted by atomic mass is 9.94. The van der Waals surface area contributed by atoms with E-state index in [-0.39, 0.29) is 17.8 Å². The van der Waals surface area contributed by atoms with Gasteiger partial charge in [0.05, 0.1) is 22.8 Å². The molecule has 0 radical (unpaired) electrons. The third-order valence-corrected chi connectivity index (χ3v) is 6.85. The van der Waals surface area contributed by atoms with Crippen molar-refractivity contribution in [1.82, 2.24) is 29.3 Å². The Balaban J connectivity index is 1.34. The van der Waals surface area contributed by atoms with E-state index in [1.54, 1.807) is 33.4 Å². The lowest BCUT2D eigenvalue weighted by Crippen LogP contribution is -2.41. The van der Waals surface area contributed by atoms with Gasteiger partial charge < -0.3 is 9.64 Å². The quantitative estimate of drug-likeness (QED) is 0.416. The number of fused-ring (bicyclic) bond motifs is 2. The average Bonchev–Trinajstić information content (AvgIpc) is 3.42. The molecule has 10 heteroatoms. The molecule has 0 bridgehead atoms. The molecule has 1 fully saturated rings. The van der Waals surface area contributed by atoms with Crippen molar-refractivity contribution >= 4 is 33.3 Å². The van der Waals surface area contributed by atoms with Crippen molar-refractivity contribution in [3.05, 3.63) is 35.5 Å². The second-order valence-electron chi connectivity index (χ2n) is 9.66. The standard InChI is InChI=1S/C23H27FN6O2S/c1-13-10-15(18(24)16-11-28(5)26-19(13)16)20-27-30-12-17(25-21(30)33-20)14-6-8-29(9-7-14)22(31)32-23(2,3)4/h10-12,14H,6-9H2,1-5H3. The van der Waals surface area contributed by atoms with Crippen LogP contribution in [-0.2, 0) is 11.8 Å². The molecule has 33 heavy (non-hydrogen) atoms. The summed E-state index contributed by atoms with van der Waals surface area (Å²) < 4.78 is 24.0. The molecule has 0 spiro atoms. The Morgan fingerprint density at radius 2 is 1.94 bits per heavy atom. The number of hydrogen-bond acceptors (Lipinski definition) is 6. The minimum atomic E-state index is -0.495. The number of aromatic nitrogens is 5. The van der Waals surface area contributed by atoms with Crippen molar-refractivity contribution in [2.24, 2.45) is 7.05 Å².